The molecule has 8 heteroatoms. The number of carbonyl (C=O) groups is 2. The maximum atomic E-state index is 14.5. The van der Waals surface area contributed by atoms with Crippen molar-refractivity contribution in [2.45, 2.75) is 45.3 Å². The molecule has 0 aromatic heterocycles. The number of hydrogen-bond donors (Lipinski definition) is 1. The van der Waals surface area contributed by atoms with Crippen LogP contribution in [0.2, 0.25) is 15.1 Å². The van der Waals surface area contributed by atoms with Crippen molar-refractivity contribution in [3.05, 3.63) is 104 Å². The van der Waals surface area contributed by atoms with Gasteiger partial charge in [-0.15, -0.1) is 0 Å². The molecule has 0 bridgehead atoms. The molecular weight excluding hydrogens is 510 g/mol. The lowest BCUT2D eigenvalue weighted by Gasteiger charge is -2.32. The average molecular weight is 536 g/mol. The number of amides is 2. The van der Waals surface area contributed by atoms with Crippen molar-refractivity contribution >= 4 is 46.6 Å². The highest BCUT2D eigenvalue weighted by Crippen LogP contribution is 2.26. The molecule has 0 heterocycles. The maximum absolute atomic E-state index is 14.5. The molecule has 0 aliphatic carbocycles. The highest BCUT2D eigenvalue weighted by molar-refractivity contribution is 6.42. The van der Waals surface area contributed by atoms with Gasteiger partial charge in [-0.25, -0.2) is 4.39 Å². The standard InChI is InChI=1S/C27H26Cl3FN2O2/c1-17(2)32-27(35)25(14-18-7-4-3-5-8-18)33(16-19-11-12-22(29)23(30)13-19)26(34)15-20-21(28)9-6-10-24(20)31/h3-13,17,25H,14-16H2,1-2H3,(H,32,35)/t25-/m1/s1. The summed E-state index contributed by atoms with van der Waals surface area (Å²) in [6, 6.07) is 17.7. The van der Waals surface area contributed by atoms with Gasteiger partial charge in [0.1, 0.15) is 11.9 Å². The summed E-state index contributed by atoms with van der Waals surface area (Å²) in [6.45, 7) is 3.77. The first-order valence-corrected chi connectivity index (χ1v) is 12.3. The number of benzene rings is 3. The SMILES string of the molecule is CC(C)NC(=O)[C@@H](Cc1ccccc1)N(Cc1ccc(Cl)c(Cl)c1)C(=O)Cc1c(F)cccc1Cl. The number of rotatable bonds is 9. The lowest BCUT2D eigenvalue weighted by atomic mass is 10.0. The van der Waals surface area contributed by atoms with E-state index in [0.717, 1.165) is 5.56 Å². The Kier molecular flexibility index (Phi) is 9.55. The molecule has 1 N–H and O–H groups in total. The van der Waals surface area contributed by atoms with Gasteiger partial charge in [-0.3, -0.25) is 9.59 Å². The first-order chi connectivity index (χ1) is 16.7. The third-order valence-electron chi connectivity index (χ3n) is 5.43. The molecule has 184 valence electrons. The lowest BCUT2D eigenvalue weighted by Crippen LogP contribution is -2.52. The number of carbonyl (C=O) groups excluding carboxylic acids is 2. The Labute approximate surface area is 220 Å². The third-order valence-corrected chi connectivity index (χ3v) is 6.52. The minimum Gasteiger partial charge on any atom is -0.352 e. The highest BCUT2D eigenvalue weighted by atomic mass is 35.5. The third kappa shape index (κ3) is 7.44. The number of hydrogen-bond acceptors (Lipinski definition) is 2. The molecule has 0 saturated carbocycles. The predicted molar refractivity (Wildman–Crippen MR) is 139 cm³/mol. The fourth-order valence-electron chi connectivity index (χ4n) is 3.72. The Bertz CT molecular complexity index is 1170. The largest absolute Gasteiger partial charge is 0.352 e. The van der Waals surface area contributed by atoms with E-state index >= 15 is 0 Å². The van der Waals surface area contributed by atoms with E-state index in [1.54, 1.807) is 18.2 Å². The van der Waals surface area contributed by atoms with E-state index in [9.17, 15) is 14.0 Å². The topological polar surface area (TPSA) is 49.4 Å². The van der Waals surface area contributed by atoms with Crippen molar-refractivity contribution in [3.63, 3.8) is 0 Å². The molecule has 2 amide bonds. The summed E-state index contributed by atoms with van der Waals surface area (Å²) in [5, 5.41) is 3.78. The van der Waals surface area contributed by atoms with E-state index in [1.807, 2.05) is 44.2 Å². The van der Waals surface area contributed by atoms with E-state index < -0.39 is 17.8 Å². The van der Waals surface area contributed by atoms with E-state index in [0.29, 0.717) is 15.6 Å². The van der Waals surface area contributed by atoms with Gasteiger partial charge in [0.05, 0.1) is 16.5 Å². The maximum Gasteiger partial charge on any atom is 0.243 e. The lowest BCUT2D eigenvalue weighted by molar-refractivity contribution is -0.141. The normalized spacial score (nSPS) is 11.9. The van der Waals surface area contributed by atoms with Gasteiger partial charge >= 0.3 is 0 Å². The van der Waals surface area contributed by atoms with Crippen LogP contribution in [0.4, 0.5) is 4.39 Å². The van der Waals surface area contributed by atoms with Crippen LogP contribution >= 0.6 is 34.8 Å². The Morgan fingerprint density at radius 2 is 1.60 bits per heavy atom. The zero-order chi connectivity index (χ0) is 25.5. The molecule has 4 nitrogen and oxygen atoms in total. The summed E-state index contributed by atoms with van der Waals surface area (Å²) in [5.41, 5.74) is 1.65. The van der Waals surface area contributed by atoms with Gasteiger partial charge in [0, 0.05) is 29.6 Å². The van der Waals surface area contributed by atoms with Crippen LogP contribution in [0, 0.1) is 5.82 Å². The molecule has 0 saturated heterocycles. The second-order valence-electron chi connectivity index (χ2n) is 8.52. The fraction of sp³-hybridized carbons (Fsp3) is 0.259. The highest BCUT2D eigenvalue weighted by Gasteiger charge is 2.31. The molecule has 0 aliphatic heterocycles. The molecule has 3 rings (SSSR count). The fourth-order valence-corrected chi connectivity index (χ4v) is 4.27. The summed E-state index contributed by atoms with van der Waals surface area (Å²) in [6.07, 6.45) is -0.0233. The van der Waals surface area contributed by atoms with Crippen LogP contribution < -0.4 is 5.32 Å². The minimum atomic E-state index is -0.854. The van der Waals surface area contributed by atoms with E-state index in [4.69, 9.17) is 34.8 Å². The number of nitrogens with zero attached hydrogens (tertiary/aromatic N) is 1. The van der Waals surface area contributed by atoms with Gasteiger partial charge in [-0.1, -0.05) is 77.3 Å². The van der Waals surface area contributed by atoms with Gasteiger partial charge in [-0.05, 0) is 49.2 Å². The Morgan fingerprint density at radius 1 is 0.886 bits per heavy atom. The zero-order valence-electron chi connectivity index (χ0n) is 19.4. The van der Waals surface area contributed by atoms with Crippen LogP contribution in [0.25, 0.3) is 0 Å². The van der Waals surface area contributed by atoms with Crippen molar-refractivity contribution in [1.29, 1.82) is 0 Å². The summed E-state index contributed by atoms with van der Waals surface area (Å²) >= 11 is 18.5. The molecule has 0 aliphatic rings. The second kappa shape index (κ2) is 12.4. The Morgan fingerprint density at radius 3 is 2.23 bits per heavy atom. The van der Waals surface area contributed by atoms with Gasteiger partial charge in [0.2, 0.25) is 11.8 Å². The van der Waals surface area contributed by atoms with Gasteiger partial charge in [0.25, 0.3) is 0 Å². The summed E-state index contributed by atoms with van der Waals surface area (Å²) in [7, 11) is 0. The molecule has 35 heavy (non-hydrogen) atoms. The van der Waals surface area contributed by atoms with Crippen LogP contribution in [0.3, 0.4) is 0 Å². The number of nitrogens with one attached hydrogen (secondary N) is 1. The van der Waals surface area contributed by atoms with Crippen molar-refractivity contribution in [2.75, 3.05) is 0 Å². The molecule has 0 radical (unpaired) electrons. The quantitative estimate of drug-likeness (QED) is 0.340. The smallest absolute Gasteiger partial charge is 0.243 e. The molecule has 0 fully saturated rings. The van der Waals surface area contributed by atoms with Crippen LogP contribution in [0.1, 0.15) is 30.5 Å². The average Bonchev–Trinajstić information content (AvgIpc) is 2.81. The summed E-state index contributed by atoms with van der Waals surface area (Å²) < 4.78 is 14.5. The Balaban J connectivity index is 2.03. The van der Waals surface area contributed by atoms with Gasteiger partial charge in [-0.2, -0.15) is 0 Å². The molecule has 1 atom stereocenters. The second-order valence-corrected chi connectivity index (χ2v) is 9.74. The zero-order valence-corrected chi connectivity index (χ0v) is 21.7. The molecule has 0 unspecified atom stereocenters. The van der Waals surface area contributed by atoms with Crippen molar-refractivity contribution in [2.24, 2.45) is 0 Å². The summed E-state index contributed by atoms with van der Waals surface area (Å²) in [5.74, 6) is -1.33. The van der Waals surface area contributed by atoms with E-state index in [2.05, 4.69) is 5.32 Å². The monoisotopic (exact) mass is 534 g/mol. The number of halogens is 4. The van der Waals surface area contributed by atoms with E-state index in [-0.39, 0.29) is 41.9 Å². The molecular formula is C27H26Cl3FN2O2. The minimum absolute atomic E-state index is 0.0742. The van der Waals surface area contributed by atoms with Crippen molar-refractivity contribution in [3.8, 4) is 0 Å². The molecule has 3 aromatic rings. The van der Waals surface area contributed by atoms with Gasteiger partial charge < -0.3 is 10.2 Å². The van der Waals surface area contributed by atoms with Crippen LogP contribution in [0.15, 0.2) is 66.7 Å². The molecule has 3 aromatic carbocycles. The van der Waals surface area contributed by atoms with Crippen molar-refractivity contribution < 1.29 is 14.0 Å². The van der Waals surface area contributed by atoms with Crippen LogP contribution in [-0.2, 0) is 29.0 Å². The van der Waals surface area contributed by atoms with Crippen molar-refractivity contribution in [1.82, 2.24) is 10.2 Å². The summed E-state index contributed by atoms with van der Waals surface area (Å²) in [4.78, 5) is 28.5. The van der Waals surface area contributed by atoms with E-state index in [1.165, 1.54) is 23.1 Å². The molecule has 0 spiro atoms. The first kappa shape index (κ1) is 27.0. The Hall–Kier alpha value is -2.60. The van der Waals surface area contributed by atoms with Gasteiger partial charge in [0.15, 0.2) is 0 Å². The first-order valence-electron chi connectivity index (χ1n) is 11.2. The predicted octanol–water partition coefficient (Wildman–Crippen LogP) is 6.49. The van der Waals surface area contributed by atoms with Crippen LogP contribution in [0.5, 0.6) is 0 Å². The van der Waals surface area contributed by atoms with Crippen LogP contribution in [-0.4, -0.2) is 28.8 Å².